The summed E-state index contributed by atoms with van der Waals surface area (Å²) in [6.07, 6.45) is 2.93. The summed E-state index contributed by atoms with van der Waals surface area (Å²) in [6, 6.07) is 4.46. The molecule has 18 heavy (non-hydrogen) atoms. The fraction of sp³-hybridized carbons (Fsp3) is 0.308. The van der Waals surface area contributed by atoms with E-state index in [1.165, 1.54) is 12.1 Å². The second-order valence-corrected chi connectivity index (χ2v) is 4.28. The van der Waals surface area contributed by atoms with Gasteiger partial charge in [-0.15, -0.1) is 0 Å². The van der Waals surface area contributed by atoms with Crippen LogP contribution in [-0.2, 0) is 0 Å². The van der Waals surface area contributed by atoms with Crippen LogP contribution in [0.3, 0.4) is 0 Å². The van der Waals surface area contributed by atoms with Crippen molar-refractivity contribution in [3.8, 4) is 0 Å². The van der Waals surface area contributed by atoms with Crippen LogP contribution in [0.25, 0.3) is 0 Å². The van der Waals surface area contributed by atoms with Crippen molar-refractivity contribution >= 4 is 11.9 Å². The molecular weight excluding hydrogens is 232 g/mol. The molecule has 0 aliphatic carbocycles. The zero-order chi connectivity index (χ0) is 13.1. The van der Waals surface area contributed by atoms with Gasteiger partial charge < -0.3 is 10.0 Å². The van der Waals surface area contributed by atoms with Gasteiger partial charge in [-0.05, 0) is 25.5 Å². The van der Waals surface area contributed by atoms with E-state index in [1.54, 1.807) is 11.0 Å². The second-order valence-electron chi connectivity index (χ2n) is 4.28. The molecule has 2 rings (SSSR count). The van der Waals surface area contributed by atoms with Crippen molar-refractivity contribution in [3.05, 3.63) is 41.2 Å². The number of carbonyl (C=O) groups is 2. The van der Waals surface area contributed by atoms with Crippen molar-refractivity contribution in [2.75, 3.05) is 13.1 Å². The van der Waals surface area contributed by atoms with Gasteiger partial charge in [0.25, 0.3) is 5.91 Å². The number of amides is 1. The number of rotatable bonds is 2. The molecule has 94 valence electrons. The maximum Gasteiger partial charge on any atom is 0.354 e. The molecule has 1 aliphatic heterocycles. The minimum Gasteiger partial charge on any atom is -0.477 e. The topological polar surface area (TPSA) is 70.5 Å². The van der Waals surface area contributed by atoms with E-state index in [9.17, 15) is 9.59 Å². The van der Waals surface area contributed by atoms with Gasteiger partial charge >= 0.3 is 5.97 Å². The number of carboxylic acids is 1. The first-order valence-corrected chi connectivity index (χ1v) is 5.73. The first-order chi connectivity index (χ1) is 8.58. The number of pyridine rings is 1. The fourth-order valence-electron chi connectivity index (χ4n) is 1.92. The molecule has 0 radical (unpaired) electrons. The maximum absolute atomic E-state index is 12.2. The smallest absolute Gasteiger partial charge is 0.354 e. The summed E-state index contributed by atoms with van der Waals surface area (Å²) in [6.45, 7) is 3.20. The van der Waals surface area contributed by atoms with Gasteiger partial charge in [-0.25, -0.2) is 9.78 Å². The number of aromatic nitrogens is 1. The molecule has 1 aliphatic rings. The molecule has 1 amide bonds. The zero-order valence-electron chi connectivity index (χ0n) is 10.1. The summed E-state index contributed by atoms with van der Waals surface area (Å²) in [4.78, 5) is 28.5. The SMILES string of the molecule is CC1=CCCN(C(=O)c2cccc(C(=O)O)n2)C1. The molecule has 0 atom stereocenters. The van der Waals surface area contributed by atoms with Crippen LogP contribution in [0.4, 0.5) is 0 Å². The Morgan fingerprint density at radius 3 is 2.72 bits per heavy atom. The molecular formula is C13H14N2O3. The van der Waals surface area contributed by atoms with Gasteiger partial charge in [-0.1, -0.05) is 17.7 Å². The van der Waals surface area contributed by atoms with Crippen LogP contribution in [0, 0.1) is 0 Å². The normalized spacial score (nSPS) is 15.2. The minimum absolute atomic E-state index is 0.106. The van der Waals surface area contributed by atoms with Crippen LogP contribution in [0.1, 0.15) is 34.3 Å². The highest BCUT2D eigenvalue weighted by Crippen LogP contribution is 2.12. The van der Waals surface area contributed by atoms with Crippen LogP contribution in [0.2, 0.25) is 0 Å². The van der Waals surface area contributed by atoms with E-state index in [0.29, 0.717) is 13.1 Å². The predicted molar refractivity (Wildman–Crippen MR) is 65.5 cm³/mol. The van der Waals surface area contributed by atoms with Crippen molar-refractivity contribution in [1.29, 1.82) is 0 Å². The monoisotopic (exact) mass is 246 g/mol. The summed E-state index contributed by atoms with van der Waals surface area (Å²) < 4.78 is 0. The largest absolute Gasteiger partial charge is 0.477 e. The lowest BCUT2D eigenvalue weighted by molar-refractivity contribution is 0.0690. The number of nitrogens with zero attached hydrogens (tertiary/aromatic N) is 2. The molecule has 0 aromatic carbocycles. The Morgan fingerprint density at radius 2 is 2.06 bits per heavy atom. The van der Waals surface area contributed by atoms with Gasteiger partial charge in [0, 0.05) is 13.1 Å². The highest BCUT2D eigenvalue weighted by molar-refractivity contribution is 5.94. The summed E-state index contributed by atoms with van der Waals surface area (Å²) in [5, 5.41) is 8.85. The Hall–Kier alpha value is -2.17. The third-order valence-electron chi connectivity index (χ3n) is 2.81. The van der Waals surface area contributed by atoms with Gasteiger partial charge in [-0.2, -0.15) is 0 Å². The number of hydrogen-bond acceptors (Lipinski definition) is 3. The Morgan fingerprint density at radius 1 is 1.33 bits per heavy atom. The van der Waals surface area contributed by atoms with Gasteiger partial charge in [0.1, 0.15) is 11.4 Å². The van der Waals surface area contributed by atoms with Crippen LogP contribution < -0.4 is 0 Å². The van der Waals surface area contributed by atoms with Crippen LogP contribution in [0.5, 0.6) is 0 Å². The van der Waals surface area contributed by atoms with E-state index < -0.39 is 5.97 Å². The van der Waals surface area contributed by atoms with E-state index >= 15 is 0 Å². The third kappa shape index (κ3) is 2.56. The first-order valence-electron chi connectivity index (χ1n) is 5.73. The minimum atomic E-state index is -1.13. The quantitative estimate of drug-likeness (QED) is 0.804. The lowest BCUT2D eigenvalue weighted by Gasteiger charge is -2.25. The second kappa shape index (κ2) is 5.00. The van der Waals surface area contributed by atoms with Gasteiger partial charge in [0.05, 0.1) is 0 Å². The summed E-state index contributed by atoms with van der Waals surface area (Å²) in [5.74, 6) is -1.34. The van der Waals surface area contributed by atoms with Gasteiger partial charge in [0.15, 0.2) is 0 Å². The standard InChI is InChI=1S/C13H14N2O3/c1-9-4-3-7-15(8-9)12(16)10-5-2-6-11(14-10)13(17)18/h2,4-6H,3,7-8H2,1H3,(H,17,18). The molecule has 0 saturated carbocycles. The van der Waals surface area contributed by atoms with Crippen LogP contribution >= 0.6 is 0 Å². The maximum atomic E-state index is 12.2. The van der Waals surface area contributed by atoms with Crippen molar-refractivity contribution in [1.82, 2.24) is 9.88 Å². The van der Waals surface area contributed by atoms with Gasteiger partial charge in [0.2, 0.25) is 0 Å². The Bertz CT molecular complexity index is 523. The molecule has 1 N–H and O–H groups in total. The number of carbonyl (C=O) groups excluding carboxylic acids is 1. The van der Waals surface area contributed by atoms with E-state index in [0.717, 1.165) is 12.0 Å². The van der Waals surface area contributed by atoms with Crippen LogP contribution in [0.15, 0.2) is 29.8 Å². The number of carboxylic acid groups (broad SMARTS) is 1. The first kappa shape index (κ1) is 12.3. The van der Waals surface area contributed by atoms with Crippen LogP contribution in [-0.4, -0.2) is 40.0 Å². The van der Waals surface area contributed by atoms with Crippen molar-refractivity contribution in [2.24, 2.45) is 0 Å². The average molecular weight is 246 g/mol. The van der Waals surface area contributed by atoms with Crippen molar-refractivity contribution in [2.45, 2.75) is 13.3 Å². The Kier molecular flexibility index (Phi) is 3.41. The average Bonchev–Trinajstić information content (AvgIpc) is 2.38. The molecule has 5 nitrogen and oxygen atoms in total. The third-order valence-corrected chi connectivity index (χ3v) is 2.81. The fourth-order valence-corrected chi connectivity index (χ4v) is 1.92. The highest BCUT2D eigenvalue weighted by Gasteiger charge is 2.20. The summed E-state index contributed by atoms with van der Waals surface area (Å²) in [7, 11) is 0. The lowest BCUT2D eigenvalue weighted by atomic mass is 10.1. The zero-order valence-corrected chi connectivity index (χ0v) is 10.1. The number of hydrogen-bond donors (Lipinski definition) is 1. The summed E-state index contributed by atoms with van der Waals surface area (Å²) in [5.41, 5.74) is 1.22. The molecule has 5 heteroatoms. The summed E-state index contributed by atoms with van der Waals surface area (Å²) >= 11 is 0. The molecule has 0 unspecified atom stereocenters. The Balaban J connectivity index is 2.21. The highest BCUT2D eigenvalue weighted by atomic mass is 16.4. The molecule has 0 bridgehead atoms. The molecule has 0 fully saturated rings. The van der Waals surface area contributed by atoms with E-state index in [1.807, 2.05) is 6.92 Å². The predicted octanol–water partition coefficient (Wildman–Crippen LogP) is 1.57. The van der Waals surface area contributed by atoms with Gasteiger partial charge in [-0.3, -0.25) is 4.79 Å². The van der Waals surface area contributed by atoms with E-state index in [-0.39, 0.29) is 17.3 Å². The van der Waals surface area contributed by atoms with E-state index in [4.69, 9.17) is 5.11 Å². The molecule has 0 spiro atoms. The molecule has 1 aromatic rings. The number of aromatic carboxylic acids is 1. The van der Waals surface area contributed by atoms with Crippen molar-refractivity contribution < 1.29 is 14.7 Å². The van der Waals surface area contributed by atoms with E-state index in [2.05, 4.69) is 11.1 Å². The molecule has 0 saturated heterocycles. The Labute approximate surface area is 105 Å². The lowest BCUT2D eigenvalue weighted by Crippen LogP contribution is -2.36. The molecule has 1 aromatic heterocycles. The van der Waals surface area contributed by atoms with Crippen molar-refractivity contribution in [3.63, 3.8) is 0 Å². The molecule has 2 heterocycles.